The van der Waals surface area contributed by atoms with E-state index in [9.17, 15) is 28.7 Å². The van der Waals surface area contributed by atoms with Crippen LogP contribution >= 0.6 is 15.6 Å². The van der Waals surface area contributed by atoms with Gasteiger partial charge in [-0.2, -0.15) is 0 Å². The molecule has 0 saturated heterocycles. The average Bonchev–Trinajstić information content (AvgIpc) is 3.21. The van der Waals surface area contributed by atoms with Gasteiger partial charge in [-0.15, -0.1) is 0 Å². The summed E-state index contributed by atoms with van der Waals surface area (Å²) in [5.41, 5.74) is 0. The fourth-order valence-electron chi connectivity index (χ4n) is 5.55. The Morgan fingerprint density at radius 2 is 0.950 bits per heavy atom. The van der Waals surface area contributed by atoms with Crippen LogP contribution in [0.2, 0.25) is 0 Å². The van der Waals surface area contributed by atoms with Gasteiger partial charge >= 0.3 is 27.6 Å². The van der Waals surface area contributed by atoms with Crippen LogP contribution in [0.5, 0.6) is 0 Å². The third-order valence-corrected chi connectivity index (χ3v) is 10.4. The van der Waals surface area contributed by atoms with E-state index in [0.717, 1.165) is 77.0 Å². The molecule has 0 amide bonds. The molecule has 0 aliphatic heterocycles. The van der Waals surface area contributed by atoms with Gasteiger partial charge in [-0.05, 0) is 83.5 Å². The van der Waals surface area contributed by atoms with E-state index in [1.54, 1.807) is 0 Å². The molecule has 0 heterocycles. The number of carbonyl (C=O) groups excluding carboxylic acids is 2. The van der Waals surface area contributed by atoms with Crippen LogP contribution in [0.15, 0.2) is 60.8 Å². The first-order chi connectivity index (χ1) is 28.9. The molecule has 0 saturated carbocycles. The van der Waals surface area contributed by atoms with Gasteiger partial charge in [0.1, 0.15) is 12.7 Å². The number of phosphoric ester groups is 2. The van der Waals surface area contributed by atoms with Crippen LogP contribution in [0, 0.1) is 0 Å². The number of hydrogen-bond acceptors (Lipinski definition) is 11. The second-order valence-corrected chi connectivity index (χ2v) is 17.4. The topological polar surface area (TPSA) is 216 Å². The molecular weight excluding hydrogens is 814 g/mol. The molecule has 348 valence electrons. The molecule has 0 aliphatic carbocycles. The lowest BCUT2D eigenvalue weighted by atomic mass is 10.1. The summed E-state index contributed by atoms with van der Waals surface area (Å²) in [7, 11) is -9.70. The highest BCUT2D eigenvalue weighted by Gasteiger charge is 2.28. The Morgan fingerprint density at radius 1 is 0.517 bits per heavy atom. The number of rotatable bonds is 42. The minimum absolute atomic E-state index is 0.0431. The summed E-state index contributed by atoms with van der Waals surface area (Å²) in [4.78, 5) is 52.7. The van der Waals surface area contributed by atoms with Crippen LogP contribution in [0.3, 0.4) is 0 Å². The molecule has 0 rings (SSSR count). The molecule has 0 spiro atoms. The van der Waals surface area contributed by atoms with Crippen LogP contribution in [0.4, 0.5) is 0 Å². The number of carbonyl (C=O) groups is 2. The smallest absolute Gasteiger partial charge is 0.462 e. The molecule has 0 fully saturated rings. The van der Waals surface area contributed by atoms with Crippen LogP contribution in [-0.2, 0) is 41.8 Å². The average molecular weight is 893 g/mol. The highest BCUT2D eigenvalue weighted by atomic mass is 31.2. The predicted molar refractivity (Wildman–Crippen MR) is 236 cm³/mol. The number of hydrogen-bond donors (Lipinski definition) is 5. The molecule has 0 bridgehead atoms. The van der Waals surface area contributed by atoms with Gasteiger partial charge in [0.05, 0.1) is 19.8 Å². The number of aliphatic hydroxyl groups is 2. The van der Waals surface area contributed by atoms with Crippen molar-refractivity contribution in [2.45, 2.75) is 173 Å². The summed E-state index contributed by atoms with van der Waals surface area (Å²) in [6.07, 6.45) is 40.9. The Kier molecular flexibility index (Phi) is 39.3. The van der Waals surface area contributed by atoms with Crippen LogP contribution in [0.1, 0.15) is 161 Å². The Hall–Kier alpha value is -2.22. The quantitative estimate of drug-likeness (QED) is 0.0167. The van der Waals surface area contributed by atoms with Crippen LogP contribution < -0.4 is 0 Å². The third-order valence-electron chi connectivity index (χ3n) is 8.92. The summed E-state index contributed by atoms with van der Waals surface area (Å²) in [5, 5.41) is 18.5. The summed E-state index contributed by atoms with van der Waals surface area (Å²) >= 11 is 0. The molecule has 5 N–H and O–H groups in total. The molecule has 60 heavy (non-hydrogen) atoms. The van der Waals surface area contributed by atoms with Crippen molar-refractivity contribution in [2.24, 2.45) is 0 Å². The van der Waals surface area contributed by atoms with Gasteiger partial charge in [-0.1, -0.05) is 125 Å². The lowest BCUT2D eigenvalue weighted by Gasteiger charge is -2.20. The maximum absolute atomic E-state index is 12.6. The Morgan fingerprint density at radius 3 is 1.50 bits per heavy atom. The van der Waals surface area contributed by atoms with Crippen molar-refractivity contribution in [2.75, 3.05) is 33.0 Å². The first kappa shape index (κ1) is 57.8. The predicted octanol–water partition coefficient (Wildman–Crippen LogP) is 10.2. The van der Waals surface area contributed by atoms with E-state index in [1.165, 1.54) is 44.9 Å². The number of aliphatic hydroxyl groups excluding tert-OH is 2. The highest BCUT2D eigenvalue weighted by molar-refractivity contribution is 7.47. The van der Waals surface area contributed by atoms with E-state index < -0.39 is 66.2 Å². The lowest BCUT2D eigenvalue weighted by molar-refractivity contribution is -0.161. The maximum Gasteiger partial charge on any atom is 0.472 e. The Balaban J connectivity index is 4.61. The van der Waals surface area contributed by atoms with Crippen LogP contribution in [-0.4, -0.2) is 82.1 Å². The largest absolute Gasteiger partial charge is 0.472 e. The van der Waals surface area contributed by atoms with E-state index in [1.807, 2.05) is 12.2 Å². The molecule has 3 atom stereocenters. The van der Waals surface area contributed by atoms with E-state index >= 15 is 0 Å². The van der Waals surface area contributed by atoms with Gasteiger partial charge in [0.15, 0.2) is 6.10 Å². The number of phosphoric acid groups is 2. The van der Waals surface area contributed by atoms with Gasteiger partial charge < -0.3 is 34.4 Å². The van der Waals surface area contributed by atoms with Gasteiger partial charge in [0.25, 0.3) is 0 Å². The molecule has 1 unspecified atom stereocenters. The number of unbranched alkanes of at least 4 members (excludes halogenated alkanes) is 15. The summed E-state index contributed by atoms with van der Waals surface area (Å²) in [5.74, 6) is -1.12. The normalized spacial score (nSPS) is 14.6. The minimum atomic E-state index is -4.87. The van der Waals surface area contributed by atoms with Gasteiger partial charge in [-0.25, -0.2) is 9.13 Å². The summed E-state index contributed by atoms with van der Waals surface area (Å²) in [6, 6.07) is 0. The first-order valence-electron chi connectivity index (χ1n) is 22.1. The first-order valence-corrected chi connectivity index (χ1v) is 25.1. The zero-order chi connectivity index (χ0) is 44.4. The van der Waals surface area contributed by atoms with Gasteiger partial charge in [-0.3, -0.25) is 23.2 Å². The Bertz CT molecular complexity index is 1290. The fraction of sp³-hybridized carbons (Fsp3) is 0.727. The van der Waals surface area contributed by atoms with Crippen molar-refractivity contribution in [3.8, 4) is 0 Å². The zero-order valence-electron chi connectivity index (χ0n) is 36.2. The summed E-state index contributed by atoms with van der Waals surface area (Å²) in [6.45, 7) is -0.321. The van der Waals surface area contributed by atoms with Crippen molar-refractivity contribution in [3.63, 3.8) is 0 Å². The fourth-order valence-corrected chi connectivity index (χ4v) is 6.70. The SMILES string of the molecule is CCCCCC/C=C\CCCCCCCCCC(=O)OC[C@H](COP(=O)(O)OC[C@@H](O)COP(=O)(O)O)OC(=O)CCC/C=C\C/C=C\C/C=C\C/C=C\CCCCCO. The Labute approximate surface area is 360 Å². The van der Waals surface area contributed by atoms with E-state index in [4.69, 9.17) is 28.9 Å². The standard InChI is InChI=1S/C44H78O14P2/c1-2-3-4-5-6-7-8-9-13-16-19-22-25-28-31-34-43(47)54-39-42(40-57-60(52,53)56-38-41(46)37-55-59(49,50)51)58-44(48)35-32-29-26-23-20-17-14-11-10-12-15-18-21-24-27-30-33-36-45/h7-8,10,12,14,17-18,21,23,26,41-42,45-46H,2-6,9,11,13,15-16,19-20,22,24-25,27-40H2,1H3,(H,52,53)(H2,49,50,51)/b8-7-,12-10-,17-14-,21-18-,26-23-/t41-,42+/m0/s1. The van der Waals surface area contributed by atoms with Crippen molar-refractivity contribution >= 4 is 27.6 Å². The maximum atomic E-state index is 12.6. The van der Waals surface area contributed by atoms with Crippen molar-refractivity contribution in [1.29, 1.82) is 0 Å². The van der Waals surface area contributed by atoms with Crippen LogP contribution in [0.25, 0.3) is 0 Å². The monoisotopic (exact) mass is 892 g/mol. The molecule has 0 radical (unpaired) electrons. The lowest BCUT2D eigenvalue weighted by Crippen LogP contribution is -2.29. The van der Waals surface area contributed by atoms with E-state index in [2.05, 4.69) is 64.6 Å². The van der Waals surface area contributed by atoms with Gasteiger partial charge in [0.2, 0.25) is 0 Å². The second kappa shape index (κ2) is 40.8. The molecule has 0 aliphatic rings. The van der Waals surface area contributed by atoms with E-state index in [0.29, 0.717) is 19.3 Å². The second-order valence-electron chi connectivity index (χ2n) is 14.7. The number of ether oxygens (including phenoxy) is 2. The molecule has 0 aromatic heterocycles. The van der Waals surface area contributed by atoms with Gasteiger partial charge in [0, 0.05) is 19.4 Å². The number of allylic oxidation sites excluding steroid dienone is 10. The van der Waals surface area contributed by atoms with Crippen molar-refractivity contribution < 1.29 is 66.7 Å². The molecule has 16 heteroatoms. The zero-order valence-corrected chi connectivity index (χ0v) is 38.0. The molecule has 0 aromatic rings. The molecular formula is C44H78O14P2. The minimum Gasteiger partial charge on any atom is -0.462 e. The highest BCUT2D eigenvalue weighted by Crippen LogP contribution is 2.43. The summed E-state index contributed by atoms with van der Waals surface area (Å²) < 4.78 is 47.7. The third kappa shape index (κ3) is 43.9. The molecule has 14 nitrogen and oxygen atoms in total. The molecule has 0 aromatic carbocycles. The number of esters is 2. The van der Waals surface area contributed by atoms with Crippen molar-refractivity contribution in [3.05, 3.63) is 60.8 Å². The van der Waals surface area contributed by atoms with E-state index in [-0.39, 0.29) is 19.4 Å². The van der Waals surface area contributed by atoms with Crippen molar-refractivity contribution in [1.82, 2.24) is 0 Å².